The molecule has 0 aromatic carbocycles. The number of imide groups is 1. The van der Waals surface area contributed by atoms with E-state index in [4.69, 9.17) is 11.8 Å². The number of halogens is 1. The molecule has 0 N–H and O–H groups in total. The number of amides is 3. The highest BCUT2D eigenvalue weighted by Gasteiger charge is 2.42. The van der Waals surface area contributed by atoms with Crippen LogP contribution >= 0.6 is 11.8 Å². The molecule has 5 nitrogen and oxygen atoms in total. The van der Waals surface area contributed by atoms with Gasteiger partial charge in [0, 0.05) is 6.42 Å². The molecule has 0 bridgehead atoms. The molecule has 1 unspecified atom stereocenters. The van der Waals surface area contributed by atoms with Gasteiger partial charge in [-0.1, -0.05) is 88.0 Å². The predicted molar refractivity (Wildman–Crippen MR) is 109 cm³/mol. The van der Waals surface area contributed by atoms with Gasteiger partial charge in [-0.2, -0.15) is 0 Å². The molecule has 0 aromatic rings. The van der Waals surface area contributed by atoms with E-state index in [1.807, 2.05) is 0 Å². The van der Waals surface area contributed by atoms with E-state index in [-0.39, 0.29) is 19.0 Å². The van der Waals surface area contributed by atoms with Crippen LogP contribution in [0.3, 0.4) is 0 Å². The number of nitrogens with zero attached hydrogens (tertiary/aromatic N) is 2. The third-order valence-corrected chi connectivity index (χ3v) is 5.89. The largest absolute Gasteiger partial charge is 0.358 e. The molecule has 1 atom stereocenters. The third kappa shape index (κ3) is 9.70. The summed E-state index contributed by atoms with van der Waals surface area (Å²) in [7, 11) is 0. The van der Waals surface area contributed by atoms with Gasteiger partial charge in [0.25, 0.3) is 0 Å². The molecule has 1 aliphatic heterocycles. The van der Waals surface area contributed by atoms with Gasteiger partial charge in [0.1, 0.15) is 13.1 Å². The molecule has 1 rings (SSSR count). The summed E-state index contributed by atoms with van der Waals surface area (Å²) >= 11 is 5.90. The Balaban J connectivity index is 1.94. The Morgan fingerprint density at radius 1 is 0.963 bits per heavy atom. The van der Waals surface area contributed by atoms with Crippen molar-refractivity contribution in [3.05, 3.63) is 0 Å². The lowest BCUT2D eigenvalue weighted by Crippen LogP contribution is -2.58. The average molecular weight is 402 g/mol. The molecule has 0 spiro atoms. The molecular weight excluding hydrogens is 364 g/mol. The average Bonchev–Trinajstić information content (AvgIpc) is 2.67. The van der Waals surface area contributed by atoms with Gasteiger partial charge in [-0.25, -0.2) is 9.59 Å². The summed E-state index contributed by atoms with van der Waals surface area (Å²) in [6, 6.07) is 0. The summed E-state index contributed by atoms with van der Waals surface area (Å²) in [5, 5.41) is 0. The van der Waals surface area contributed by atoms with Crippen LogP contribution in [0.1, 0.15) is 96.8 Å². The van der Waals surface area contributed by atoms with Crippen molar-refractivity contribution in [2.24, 2.45) is 0 Å². The van der Waals surface area contributed by atoms with Crippen LogP contribution in [0.5, 0.6) is 0 Å². The van der Waals surface area contributed by atoms with Crippen molar-refractivity contribution in [2.45, 2.75) is 96.8 Å². The van der Waals surface area contributed by atoms with Gasteiger partial charge < -0.3 is 4.90 Å². The van der Waals surface area contributed by atoms with Crippen LogP contribution in [0.25, 0.3) is 0 Å². The maximum Gasteiger partial charge on any atom is 0.358 e. The first-order valence-electron chi connectivity index (χ1n) is 10.9. The molecule has 1 aliphatic rings. The van der Waals surface area contributed by atoms with E-state index in [0.717, 1.165) is 12.8 Å². The first-order valence-corrected chi connectivity index (χ1v) is 11.2. The van der Waals surface area contributed by atoms with Crippen LogP contribution in [0.15, 0.2) is 0 Å². The predicted octanol–water partition coefficient (Wildman–Crippen LogP) is 4.96. The second-order valence-corrected chi connectivity index (χ2v) is 8.41. The quantitative estimate of drug-likeness (QED) is 0.221. The normalized spacial score (nSPS) is 20.1. The molecule has 1 fully saturated rings. The van der Waals surface area contributed by atoms with E-state index in [1.54, 1.807) is 0 Å². The van der Waals surface area contributed by atoms with E-state index < -0.39 is 9.91 Å². The topological polar surface area (TPSA) is 54.5 Å². The fourth-order valence-corrected chi connectivity index (χ4v) is 3.66. The molecule has 156 valence electrons. The molecule has 6 heteroatoms. The Hall–Kier alpha value is -0.940. The lowest BCUT2D eigenvalue weighted by atomic mass is 10.0. The zero-order valence-electron chi connectivity index (χ0n) is 17.1. The zero-order valence-corrected chi connectivity index (χ0v) is 17.9. The molecule has 0 aromatic heterocycles. The van der Waals surface area contributed by atoms with Crippen molar-refractivity contribution in [1.82, 2.24) is 4.90 Å². The first-order chi connectivity index (χ1) is 13.0. The fourth-order valence-electron chi connectivity index (χ4n) is 3.53. The monoisotopic (exact) mass is 401 g/mol. The van der Waals surface area contributed by atoms with Gasteiger partial charge in [-0.15, -0.1) is 0 Å². The molecule has 1 saturated heterocycles. The van der Waals surface area contributed by atoms with E-state index in [2.05, 4.69) is 6.92 Å². The molecule has 27 heavy (non-hydrogen) atoms. The molecule has 1 heterocycles. The van der Waals surface area contributed by atoms with Crippen molar-refractivity contribution in [3.8, 4) is 0 Å². The zero-order chi connectivity index (χ0) is 20.0. The minimum absolute atomic E-state index is 0.000221. The Kier molecular flexibility index (Phi) is 12.6. The number of hydrogen-bond acceptors (Lipinski definition) is 3. The van der Waals surface area contributed by atoms with Crippen molar-refractivity contribution < 1.29 is 18.4 Å². The van der Waals surface area contributed by atoms with E-state index in [9.17, 15) is 14.4 Å². The fraction of sp³-hybridized carbons (Fsp3) is 0.857. The van der Waals surface area contributed by atoms with Crippen LogP contribution < -0.4 is 0 Å². The van der Waals surface area contributed by atoms with Crippen LogP contribution in [-0.2, 0) is 14.4 Å². The number of carbonyl (C=O) groups excluding carboxylic acids is 3. The molecule has 3 amide bonds. The highest BCUT2D eigenvalue weighted by Crippen LogP contribution is 2.17. The molecule has 0 aliphatic carbocycles. The van der Waals surface area contributed by atoms with Gasteiger partial charge >= 0.3 is 12.3 Å². The van der Waals surface area contributed by atoms with Crippen molar-refractivity contribution in [2.75, 3.05) is 19.6 Å². The second-order valence-electron chi connectivity index (χ2n) is 7.80. The lowest BCUT2D eigenvalue weighted by Gasteiger charge is -2.31. The van der Waals surface area contributed by atoms with Gasteiger partial charge in [0.05, 0.1) is 6.54 Å². The standard InChI is InChI=1S/C21H38ClN2O3/c1-2-3-4-5-6-7-8-9-10-11-12-13-14-15-20(26)23-16-17-24(22,19-25)21(27)18-23/h19H,2-18H2,1H3/q+1. The third-order valence-electron chi connectivity index (χ3n) is 5.45. The minimum Gasteiger partial charge on any atom is -0.323 e. The maximum atomic E-state index is 12.2. The Morgan fingerprint density at radius 3 is 1.89 bits per heavy atom. The number of hydrogen-bond donors (Lipinski definition) is 0. The van der Waals surface area contributed by atoms with Gasteiger partial charge in [-0.3, -0.25) is 4.79 Å². The SMILES string of the molecule is CCCCCCCCCCCCCCCC(=O)N1CC[N+](Cl)(C=O)C(=O)C1. The van der Waals surface area contributed by atoms with Crippen molar-refractivity contribution in [1.29, 1.82) is 0 Å². The Labute approximate surface area is 170 Å². The highest BCUT2D eigenvalue weighted by atomic mass is 35.5. The van der Waals surface area contributed by atoms with Gasteiger partial charge in [0.15, 0.2) is 11.8 Å². The summed E-state index contributed by atoms with van der Waals surface area (Å²) in [4.78, 5) is 36.5. The van der Waals surface area contributed by atoms with E-state index >= 15 is 0 Å². The van der Waals surface area contributed by atoms with Crippen LogP contribution in [0.4, 0.5) is 0 Å². The summed E-state index contributed by atoms with van der Waals surface area (Å²) < 4.78 is -0.734. The Morgan fingerprint density at radius 2 is 1.44 bits per heavy atom. The van der Waals surface area contributed by atoms with E-state index in [0.29, 0.717) is 19.4 Å². The summed E-state index contributed by atoms with van der Waals surface area (Å²) in [6.07, 6.45) is 17.5. The molecular formula is C21H38ClN2O3+. The van der Waals surface area contributed by atoms with E-state index in [1.165, 1.54) is 75.5 Å². The summed E-state index contributed by atoms with van der Waals surface area (Å²) in [5.74, 6) is -0.420. The van der Waals surface area contributed by atoms with Crippen molar-refractivity contribution in [3.63, 3.8) is 0 Å². The van der Waals surface area contributed by atoms with Crippen LogP contribution in [0, 0.1) is 0 Å². The van der Waals surface area contributed by atoms with Crippen molar-refractivity contribution >= 4 is 30.0 Å². The molecule has 0 radical (unpaired) electrons. The molecule has 0 saturated carbocycles. The van der Waals surface area contributed by atoms with Gasteiger partial charge in [-0.05, 0) is 6.42 Å². The van der Waals surface area contributed by atoms with Crippen LogP contribution in [0.2, 0.25) is 0 Å². The number of carbonyl (C=O) groups is 3. The first kappa shape index (κ1) is 24.1. The van der Waals surface area contributed by atoms with Gasteiger partial charge in [0.2, 0.25) is 5.91 Å². The minimum atomic E-state index is -0.734. The smallest absolute Gasteiger partial charge is 0.323 e. The second kappa shape index (κ2) is 14.1. The summed E-state index contributed by atoms with van der Waals surface area (Å²) in [6.45, 7) is 2.72. The number of unbranched alkanes of at least 4 members (excludes halogenated alkanes) is 12. The lowest BCUT2D eigenvalue weighted by molar-refractivity contribution is -0.651. The number of piperazine rings is 1. The number of quaternary nitrogens is 1. The number of rotatable bonds is 15. The Bertz CT molecular complexity index is 459. The highest BCUT2D eigenvalue weighted by molar-refractivity contribution is 6.16. The summed E-state index contributed by atoms with van der Waals surface area (Å²) in [5.41, 5.74) is 0. The van der Waals surface area contributed by atoms with Crippen LogP contribution in [-0.4, -0.2) is 46.8 Å². The maximum absolute atomic E-state index is 12.2.